The smallest absolute Gasteiger partial charge is 0.253 e. The first-order chi connectivity index (χ1) is 9.23. The quantitative estimate of drug-likeness (QED) is 0.820. The monoisotopic (exact) mass is 277 g/mol. The third-order valence-corrected chi connectivity index (χ3v) is 2.88. The van der Waals surface area contributed by atoms with Crippen LogP contribution in [0.3, 0.4) is 0 Å². The molecule has 0 saturated carbocycles. The molecule has 0 saturated heterocycles. The molecular weight excluding hydrogens is 254 g/mol. The molecule has 1 heterocycles. The molecule has 0 aliphatic carbocycles. The molecule has 110 valence electrons. The second-order valence-electron chi connectivity index (χ2n) is 5.79. The van der Waals surface area contributed by atoms with Crippen LogP contribution in [0.4, 0.5) is 0 Å². The summed E-state index contributed by atoms with van der Waals surface area (Å²) in [6.07, 6.45) is 5.27. The largest absolute Gasteiger partial charge is 0.351 e. The number of carbonyl (C=O) groups is 2. The predicted octanol–water partition coefficient (Wildman–Crippen LogP) is 1.17. The van der Waals surface area contributed by atoms with Crippen molar-refractivity contribution in [3.63, 3.8) is 0 Å². The molecule has 0 spiro atoms. The van der Waals surface area contributed by atoms with E-state index in [4.69, 9.17) is 0 Å². The van der Waals surface area contributed by atoms with Crippen LogP contribution in [0, 0.1) is 5.41 Å². The number of amides is 1. The van der Waals surface area contributed by atoms with Gasteiger partial charge < -0.3 is 10.2 Å². The average Bonchev–Trinajstić information content (AvgIpc) is 2.47. The van der Waals surface area contributed by atoms with E-state index in [1.807, 2.05) is 38.9 Å². The number of carbonyl (C=O) groups excluding carboxylic acids is 2. The highest BCUT2D eigenvalue weighted by Gasteiger charge is 2.21. The van der Waals surface area contributed by atoms with Gasteiger partial charge >= 0.3 is 0 Å². The van der Waals surface area contributed by atoms with Crippen molar-refractivity contribution >= 4 is 17.9 Å². The fraction of sp³-hybridized carbons (Fsp3) is 0.533. The molecule has 0 fully saturated rings. The number of Topliss-reactive ketones (excluding diaryl/α,β-unsaturated/α-hetero) is 1. The molecule has 1 N–H and O–H groups in total. The fourth-order valence-electron chi connectivity index (χ4n) is 1.67. The standard InChI is InChI=1S/C15H23N3O2/c1-11(19)13-12(6-7-15(2,3)10-17-13)14(20)16-8-9-18(4)5/h6-7,10H,8-9H2,1-5H3,(H,16,20). The van der Waals surface area contributed by atoms with E-state index < -0.39 is 0 Å². The zero-order valence-corrected chi connectivity index (χ0v) is 12.9. The molecule has 0 bridgehead atoms. The lowest BCUT2D eigenvalue weighted by molar-refractivity contribution is -0.118. The van der Waals surface area contributed by atoms with Crippen molar-refractivity contribution in [3.8, 4) is 0 Å². The van der Waals surface area contributed by atoms with Crippen LogP contribution in [-0.2, 0) is 9.59 Å². The minimum Gasteiger partial charge on any atom is -0.351 e. The number of rotatable bonds is 5. The van der Waals surface area contributed by atoms with Gasteiger partial charge in [0.15, 0.2) is 5.78 Å². The number of ketones is 1. The van der Waals surface area contributed by atoms with E-state index >= 15 is 0 Å². The summed E-state index contributed by atoms with van der Waals surface area (Å²) in [6.45, 7) is 6.63. The van der Waals surface area contributed by atoms with E-state index in [2.05, 4.69) is 10.3 Å². The van der Waals surface area contributed by atoms with Crippen molar-refractivity contribution in [1.29, 1.82) is 0 Å². The molecule has 1 rings (SSSR count). The minimum atomic E-state index is -0.271. The van der Waals surface area contributed by atoms with Crippen LogP contribution in [0.25, 0.3) is 0 Å². The minimum absolute atomic E-state index is 0.207. The van der Waals surface area contributed by atoms with Crippen molar-refractivity contribution in [2.24, 2.45) is 10.4 Å². The van der Waals surface area contributed by atoms with Crippen molar-refractivity contribution in [2.45, 2.75) is 20.8 Å². The van der Waals surface area contributed by atoms with Gasteiger partial charge in [-0.25, -0.2) is 0 Å². The van der Waals surface area contributed by atoms with E-state index in [0.717, 1.165) is 6.54 Å². The number of nitrogens with one attached hydrogen (secondary N) is 1. The summed E-state index contributed by atoms with van der Waals surface area (Å²) in [5.74, 6) is -0.468. The number of likely N-dealkylation sites (N-methyl/N-ethyl adjacent to an activating group) is 1. The third kappa shape index (κ3) is 4.74. The Hall–Kier alpha value is -1.75. The molecular formula is C15H23N3O2. The van der Waals surface area contributed by atoms with Crippen molar-refractivity contribution < 1.29 is 9.59 Å². The molecule has 1 aliphatic rings. The molecule has 1 aliphatic heterocycles. The van der Waals surface area contributed by atoms with Crippen LogP contribution < -0.4 is 5.32 Å². The summed E-state index contributed by atoms with van der Waals surface area (Å²) in [6, 6.07) is 0. The number of nitrogens with zero attached hydrogens (tertiary/aromatic N) is 2. The Bertz CT molecular complexity index is 485. The Morgan fingerprint density at radius 2 is 2.00 bits per heavy atom. The molecule has 1 amide bonds. The molecule has 5 nitrogen and oxygen atoms in total. The second kappa shape index (κ2) is 6.61. The van der Waals surface area contributed by atoms with Gasteiger partial charge in [-0.05, 0) is 14.1 Å². The third-order valence-electron chi connectivity index (χ3n) is 2.88. The molecule has 0 atom stereocenters. The Morgan fingerprint density at radius 3 is 2.55 bits per heavy atom. The molecule has 20 heavy (non-hydrogen) atoms. The van der Waals surface area contributed by atoms with E-state index in [9.17, 15) is 9.59 Å². The van der Waals surface area contributed by atoms with Crippen molar-refractivity contribution in [1.82, 2.24) is 10.2 Å². The van der Waals surface area contributed by atoms with Gasteiger partial charge in [0.2, 0.25) is 0 Å². The lowest BCUT2D eigenvalue weighted by atomic mass is 9.94. The summed E-state index contributed by atoms with van der Waals surface area (Å²) in [7, 11) is 3.87. The van der Waals surface area contributed by atoms with E-state index in [1.54, 1.807) is 12.3 Å². The van der Waals surface area contributed by atoms with Gasteiger partial charge in [0, 0.05) is 31.6 Å². The zero-order valence-electron chi connectivity index (χ0n) is 12.9. The van der Waals surface area contributed by atoms with Crippen LogP contribution in [-0.4, -0.2) is 50.0 Å². The van der Waals surface area contributed by atoms with Gasteiger partial charge in [-0.3, -0.25) is 14.6 Å². The van der Waals surface area contributed by atoms with Crippen LogP contribution in [0.15, 0.2) is 28.4 Å². The van der Waals surface area contributed by atoms with Crippen LogP contribution in [0.1, 0.15) is 20.8 Å². The molecule has 0 radical (unpaired) electrons. The van der Waals surface area contributed by atoms with E-state index in [-0.39, 0.29) is 22.8 Å². The molecule has 0 aromatic heterocycles. The summed E-state index contributed by atoms with van der Waals surface area (Å²) in [4.78, 5) is 30.0. The number of aliphatic imine (C=N–C) groups is 1. The van der Waals surface area contributed by atoms with Gasteiger partial charge in [0.1, 0.15) is 5.70 Å². The van der Waals surface area contributed by atoms with Crippen molar-refractivity contribution in [2.75, 3.05) is 27.2 Å². The molecule has 0 aromatic rings. The van der Waals surface area contributed by atoms with Gasteiger partial charge in [0.05, 0.1) is 5.57 Å². The molecule has 0 unspecified atom stereocenters. The maximum atomic E-state index is 12.2. The highest BCUT2D eigenvalue weighted by molar-refractivity contribution is 6.07. The second-order valence-corrected chi connectivity index (χ2v) is 5.79. The lowest BCUT2D eigenvalue weighted by Gasteiger charge is -2.11. The average molecular weight is 277 g/mol. The van der Waals surface area contributed by atoms with Gasteiger partial charge in [-0.15, -0.1) is 0 Å². The lowest BCUT2D eigenvalue weighted by Crippen LogP contribution is -2.32. The number of hydrogen-bond donors (Lipinski definition) is 1. The Kier molecular flexibility index (Phi) is 5.39. The Labute approximate surface area is 120 Å². The maximum Gasteiger partial charge on any atom is 0.253 e. The van der Waals surface area contributed by atoms with Crippen LogP contribution >= 0.6 is 0 Å². The summed E-state index contributed by atoms with van der Waals surface area (Å²) < 4.78 is 0. The maximum absolute atomic E-state index is 12.2. The SMILES string of the molecule is CC(=O)C1=C(C(=O)NCCN(C)C)C=CC(C)(C)C=N1. The highest BCUT2D eigenvalue weighted by Crippen LogP contribution is 2.22. The first kappa shape index (κ1) is 16.3. The van der Waals surface area contributed by atoms with Crippen LogP contribution in [0.5, 0.6) is 0 Å². The van der Waals surface area contributed by atoms with Gasteiger partial charge in [-0.2, -0.15) is 0 Å². The zero-order chi connectivity index (χ0) is 15.3. The fourth-order valence-corrected chi connectivity index (χ4v) is 1.67. The highest BCUT2D eigenvalue weighted by atomic mass is 16.2. The summed E-state index contributed by atoms with van der Waals surface area (Å²) >= 11 is 0. The molecule has 5 heteroatoms. The predicted molar refractivity (Wildman–Crippen MR) is 80.7 cm³/mol. The Morgan fingerprint density at radius 1 is 1.35 bits per heavy atom. The van der Waals surface area contributed by atoms with Gasteiger partial charge in [-0.1, -0.05) is 26.0 Å². The van der Waals surface area contributed by atoms with E-state index in [0.29, 0.717) is 12.1 Å². The first-order valence-corrected chi connectivity index (χ1v) is 6.65. The Balaban J connectivity index is 2.95. The normalized spacial score (nSPS) is 17.3. The number of hydrogen-bond acceptors (Lipinski definition) is 4. The molecule has 0 aromatic carbocycles. The topological polar surface area (TPSA) is 61.8 Å². The first-order valence-electron chi connectivity index (χ1n) is 6.65. The van der Waals surface area contributed by atoms with Crippen LogP contribution in [0.2, 0.25) is 0 Å². The van der Waals surface area contributed by atoms with E-state index in [1.165, 1.54) is 6.92 Å². The summed E-state index contributed by atoms with van der Waals surface area (Å²) in [5, 5.41) is 2.81. The number of allylic oxidation sites excluding steroid dienone is 2. The summed E-state index contributed by atoms with van der Waals surface area (Å²) in [5.41, 5.74) is 0.277. The van der Waals surface area contributed by atoms with Crippen molar-refractivity contribution in [3.05, 3.63) is 23.4 Å². The van der Waals surface area contributed by atoms with Gasteiger partial charge in [0.25, 0.3) is 5.91 Å².